The maximum atomic E-state index is 12.3. The Hall–Kier alpha value is -1.55. The number of aliphatic carboxylic acids is 1. The Morgan fingerprint density at radius 1 is 1.30 bits per heavy atom. The maximum Gasteiger partial charge on any atom is 0.307 e. The topological polar surface area (TPSA) is 66.4 Å². The van der Waals surface area contributed by atoms with Crippen molar-refractivity contribution < 1.29 is 14.7 Å². The van der Waals surface area contributed by atoms with Gasteiger partial charge in [0.05, 0.1) is 22.5 Å². The minimum Gasteiger partial charge on any atom is -0.481 e. The molecule has 1 aromatic rings. The second-order valence-corrected chi connectivity index (χ2v) is 6.01. The molecule has 0 aliphatic heterocycles. The maximum absolute atomic E-state index is 12.3. The second kappa shape index (κ2) is 5.83. The Labute approximate surface area is 123 Å². The summed E-state index contributed by atoms with van der Waals surface area (Å²) in [6.07, 6.45) is 1.15. The van der Waals surface area contributed by atoms with Crippen molar-refractivity contribution in [3.63, 3.8) is 0 Å². The molecule has 0 saturated heterocycles. The molecule has 0 radical (unpaired) electrons. The lowest BCUT2D eigenvalue weighted by Crippen LogP contribution is -2.30. The van der Waals surface area contributed by atoms with Crippen LogP contribution in [0.1, 0.15) is 25.3 Å². The standard InChI is InChI=1S/C15H18ClNO3/c1-8-3-4-13(12(16)7-8)17-14(18)10-5-9(2)6-11(10)15(19)20/h3-4,7,9-11H,5-6H2,1-2H3,(H,17,18)(H,19,20). The van der Waals surface area contributed by atoms with Crippen molar-refractivity contribution in [2.24, 2.45) is 17.8 Å². The number of benzene rings is 1. The van der Waals surface area contributed by atoms with Gasteiger partial charge in [0, 0.05) is 0 Å². The summed E-state index contributed by atoms with van der Waals surface area (Å²) < 4.78 is 0. The monoisotopic (exact) mass is 295 g/mol. The van der Waals surface area contributed by atoms with Gasteiger partial charge in [-0.3, -0.25) is 9.59 Å². The zero-order valence-electron chi connectivity index (χ0n) is 11.5. The highest BCUT2D eigenvalue weighted by Gasteiger charge is 2.41. The van der Waals surface area contributed by atoms with Gasteiger partial charge in [0.2, 0.25) is 5.91 Å². The molecule has 1 saturated carbocycles. The Balaban J connectivity index is 2.13. The van der Waals surface area contributed by atoms with Gasteiger partial charge < -0.3 is 10.4 Å². The zero-order valence-corrected chi connectivity index (χ0v) is 12.3. The van der Waals surface area contributed by atoms with Crippen LogP contribution in [0, 0.1) is 24.7 Å². The van der Waals surface area contributed by atoms with Gasteiger partial charge in [-0.25, -0.2) is 0 Å². The summed E-state index contributed by atoms with van der Waals surface area (Å²) >= 11 is 6.08. The van der Waals surface area contributed by atoms with E-state index in [0.717, 1.165) is 5.56 Å². The fourth-order valence-corrected chi connectivity index (χ4v) is 3.08. The quantitative estimate of drug-likeness (QED) is 0.899. The van der Waals surface area contributed by atoms with Crippen LogP contribution in [0.2, 0.25) is 5.02 Å². The largest absolute Gasteiger partial charge is 0.481 e. The Morgan fingerprint density at radius 2 is 1.95 bits per heavy atom. The molecule has 1 amide bonds. The van der Waals surface area contributed by atoms with Crippen LogP contribution in [-0.4, -0.2) is 17.0 Å². The third-order valence-electron chi connectivity index (χ3n) is 3.83. The van der Waals surface area contributed by atoms with Crippen LogP contribution in [0.15, 0.2) is 18.2 Å². The molecule has 3 atom stereocenters. The highest BCUT2D eigenvalue weighted by molar-refractivity contribution is 6.33. The average molecular weight is 296 g/mol. The molecular weight excluding hydrogens is 278 g/mol. The third-order valence-corrected chi connectivity index (χ3v) is 4.15. The van der Waals surface area contributed by atoms with Crippen molar-refractivity contribution in [3.8, 4) is 0 Å². The number of carboxylic acids is 1. The highest BCUT2D eigenvalue weighted by atomic mass is 35.5. The molecular formula is C15H18ClNO3. The molecule has 108 valence electrons. The van der Waals surface area contributed by atoms with E-state index in [1.165, 1.54) is 0 Å². The Kier molecular flexibility index (Phi) is 4.33. The SMILES string of the molecule is Cc1ccc(NC(=O)C2CC(C)CC2C(=O)O)c(Cl)c1. The van der Waals surface area contributed by atoms with Gasteiger partial charge in [-0.05, 0) is 43.4 Å². The van der Waals surface area contributed by atoms with Crippen molar-refractivity contribution in [2.45, 2.75) is 26.7 Å². The number of carboxylic acid groups (broad SMARTS) is 1. The van der Waals surface area contributed by atoms with Crippen LogP contribution in [0.3, 0.4) is 0 Å². The first-order valence-corrected chi connectivity index (χ1v) is 7.06. The summed E-state index contributed by atoms with van der Waals surface area (Å²) in [6, 6.07) is 5.36. The fraction of sp³-hybridized carbons (Fsp3) is 0.467. The van der Waals surface area contributed by atoms with Gasteiger partial charge in [-0.15, -0.1) is 0 Å². The van der Waals surface area contributed by atoms with Crippen molar-refractivity contribution in [1.82, 2.24) is 0 Å². The Morgan fingerprint density at radius 3 is 2.55 bits per heavy atom. The van der Waals surface area contributed by atoms with Gasteiger partial charge in [0.15, 0.2) is 0 Å². The predicted molar refractivity (Wildman–Crippen MR) is 77.8 cm³/mol. The number of rotatable bonds is 3. The minimum atomic E-state index is -0.899. The number of nitrogens with one attached hydrogen (secondary N) is 1. The molecule has 2 N–H and O–H groups in total. The van der Waals surface area contributed by atoms with Crippen LogP contribution in [0.5, 0.6) is 0 Å². The van der Waals surface area contributed by atoms with Crippen molar-refractivity contribution in [3.05, 3.63) is 28.8 Å². The van der Waals surface area contributed by atoms with Crippen LogP contribution in [-0.2, 0) is 9.59 Å². The lowest BCUT2D eigenvalue weighted by atomic mass is 9.95. The van der Waals surface area contributed by atoms with Gasteiger partial charge in [0.25, 0.3) is 0 Å². The van der Waals surface area contributed by atoms with Gasteiger partial charge >= 0.3 is 5.97 Å². The summed E-state index contributed by atoms with van der Waals surface area (Å²) in [7, 11) is 0. The molecule has 0 aromatic heterocycles. The summed E-state index contributed by atoms with van der Waals surface area (Å²) in [6.45, 7) is 3.89. The molecule has 1 fully saturated rings. The van der Waals surface area contributed by atoms with E-state index >= 15 is 0 Å². The number of amides is 1. The number of hydrogen-bond acceptors (Lipinski definition) is 2. The number of carbonyl (C=O) groups excluding carboxylic acids is 1. The normalized spacial score (nSPS) is 25.4. The first kappa shape index (κ1) is 14.9. The summed E-state index contributed by atoms with van der Waals surface area (Å²) in [4.78, 5) is 23.5. The van der Waals surface area contributed by atoms with Gasteiger partial charge in [-0.2, -0.15) is 0 Å². The summed E-state index contributed by atoms with van der Waals surface area (Å²) in [5.74, 6) is -1.99. The number of aryl methyl sites for hydroxylation is 1. The first-order chi connectivity index (χ1) is 9.38. The van der Waals surface area contributed by atoms with E-state index in [-0.39, 0.29) is 11.8 Å². The molecule has 2 rings (SSSR count). The number of hydrogen-bond donors (Lipinski definition) is 2. The van der Waals surface area contributed by atoms with E-state index in [9.17, 15) is 14.7 Å². The molecule has 4 nitrogen and oxygen atoms in total. The van der Waals surface area contributed by atoms with Gasteiger partial charge in [0.1, 0.15) is 0 Å². The van der Waals surface area contributed by atoms with Gasteiger partial charge in [-0.1, -0.05) is 24.6 Å². The molecule has 5 heteroatoms. The van der Waals surface area contributed by atoms with E-state index in [0.29, 0.717) is 23.6 Å². The van der Waals surface area contributed by atoms with E-state index in [4.69, 9.17) is 11.6 Å². The summed E-state index contributed by atoms with van der Waals surface area (Å²) in [5.41, 5.74) is 1.54. The molecule has 0 heterocycles. The van der Waals surface area contributed by atoms with E-state index in [1.807, 2.05) is 19.9 Å². The van der Waals surface area contributed by atoms with Crippen LogP contribution in [0.25, 0.3) is 0 Å². The lowest BCUT2D eigenvalue weighted by Gasteiger charge is -2.16. The number of anilines is 1. The molecule has 0 spiro atoms. The van der Waals surface area contributed by atoms with Crippen molar-refractivity contribution in [1.29, 1.82) is 0 Å². The first-order valence-electron chi connectivity index (χ1n) is 6.68. The predicted octanol–water partition coefficient (Wildman–Crippen LogP) is 3.33. The van der Waals surface area contributed by atoms with Crippen molar-refractivity contribution in [2.75, 3.05) is 5.32 Å². The zero-order chi connectivity index (χ0) is 14.9. The smallest absolute Gasteiger partial charge is 0.307 e. The molecule has 20 heavy (non-hydrogen) atoms. The van der Waals surface area contributed by atoms with E-state index in [2.05, 4.69) is 5.32 Å². The van der Waals surface area contributed by atoms with E-state index in [1.54, 1.807) is 12.1 Å². The third kappa shape index (κ3) is 3.12. The Bertz CT molecular complexity index is 544. The number of carbonyl (C=O) groups is 2. The van der Waals surface area contributed by atoms with Crippen LogP contribution in [0.4, 0.5) is 5.69 Å². The fourth-order valence-electron chi connectivity index (χ4n) is 2.80. The minimum absolute atomic E-state index is 0.250. The molecule has 3 unspecified atom stereocenters. The second-order valence-electron chi connectivity index (χ2n) is 5.60. The van der Waals surface area contributed by atoms with Crippen molar-refractivity contribution >= 4 is 29.2 Å². The van der Waals surface area contributed by atoms with Crippen LogP contribution < -0.4 is 5.32 Å². The lowest BCUT2D eigenvalue weighted by molar-refractivity contribution is -0.145. The average Bonchev–Trinajstić information content (AvgIpc) is 2.75. The molecule has 1 aliphatic rings. The summed E-state index contributed by atoms with van der Waals surface area (Å²) in [5, 5.41) is 12.4. The number of halogens is 1. The highest BCUT2D eigenvalue weighted by Crippen LogP contribution is 2.37. The van der Waals surface area contributed by atoms with Crippen LogP contribution >= 0.6 is 11.6 Å². The molecule has 1 aromatic carbocycles. The van der Waals surface area contributed by atoms with E-state index < -0.39 is 17.8 Å². The molecule has 0 bridgehead atoms. The molecule has 1 aliphatic carbocycles.